The lowest BCUT2D eigenvalue weighted by Gasteiger charge is -2.17. The van der Waals surface area contributed by atoms with E-state index in [2.05, 4.69) is 0 Å². The Balaban J connectivity index is 1.65. The van der Waals surface area contributed by atoms with E-state index in [0.717, 1.165) is 30.9 Å². The summed E-state index contributed by atoms with van der Waals surface area (Å²) >= 11 is 2.83. The molecule has 0 spiro atoms. The van der Waals surface area contributed by atoms with Crippen LogP contribution in [0.15, 0.2) is 64.5 Å². The van der Waals surface area contributed by atoms with Gasteiger partial charge in [-0.05, 0) is 35.7 Å². The number of aromatic nitrogens is 1. The van der Waals surface area contributed by atoms with Gasteiger partial charge in [-0.2, -0.15) is 4.57 Å². The van der Waals surface area contributed by atoms with Crippen LogP contribution in [0.25, 0.3) is 27.1 Å². The molecule has 1 aromatic heterocycles. The largest absolute Gasteiger partial charge is 0.748 e. The Morgan fingerprint density at radius 3 is 2.74 bits per heavy atom. The number of rotatable bonds is 7. The molecule has 0 saturated carbocycles. The zero-order chi connectivity index (χ0) is 24.7. The highest BCUT2D eigenvalue weighted by Gasteiger charge is 2.30. The number of carboxylic acids is 1. The first-order valence-electron chi connectivity index (χ1n) is 10.7. The minimum atomic E-state index is -4.36. The highest BCUT2D eigenvalue weighted by molar-refractivity contribution is 8.03. The number of benzene rings is 3. The summed E-state index contributed by atoms with van der Waals surface area (Å²) < 4.78 is 50.6. The number of carbonyl (C=O) groups is 1. The number of nitrogens with zero attached hydrogens (tertiary/aromatic N) is 2. The third-order valence-corrected chi connectivity index (χ3v) is 8.62. The maximum Gasteiger partial charge on any atom is 0.323 e. The van der Waals surface area contributed by atoms with Crippen LogP contribution in [0, 0.1) is 5.82 Å². The lowest BCUT2D eigenvalue weighted by atomic mass is 10.1. The number of fused-ring (bicyclic) bond motifs is 4. The fraction of sp³-hybridized carbons (Fsp3) is 0.167. The Morgan fingerprint density at radius 1 is 1.17 bits per heavy atom. The standard InChI is InChI=1S/C24H19FN2O5S3/c25-16-7-9-19-18(12-16)27(14-23(28)29)22(33-19)13-21-26(10-3-11-35(30,31)32)24-17-5-2-1-4-15(17)6-8-20(24)34-21/h1-2,4-9,12-13H,3,10-11,14H2,(H-,28,29,30,31,32). The van der Waals surface area contributed by atoms with E-state index in [0.29, 0.717) is 17.3 Å². The molecular weight excluding hydrogens is 511 g/mol. The number of hydrogen-bond donors (Lipinski definition) is 1. The number of hydrogen-bond acceptors (Lipinski definition) is 7. The molecular formula is C24H19FN2O5S3. The smallest absolute Gasteiger partial charge is 0.323 e. The third kappa shape index (κ3) is 4.90. The number of aryl methyl sites for hydroxylation is 1. The molecule has 1 aliphatic rings. The Bertz CT molecular complexity index is 1610. The van der Waals surface area contributed by atoms with E-state index in [1.807, 2.05) is 47.0 Å². The van der Waals surface area contributed by atoms with Crippen molar-refractivity contribution >= 4 is 71.9 Å². The Morgan fingerprint density at radius 2 is 1.97 bits per heavy atom. The lowest BCUT2D eigenvalue weighted by molar-refractivity contribution is -0.667. The first-order valence-corrected chi connectivity index (χ1v) is 13.9. The number of thioether (sulfide) groups is 1. The van der Waals surface area contributed by atoms with E-state index in [1.165, 1.54) is 35.2 Å². The molecule has 0 radical (unpaired) electrons. The van der Waals surface area contributed by atoms with Gasteiger partial charge in [0.25, 0.3) is 5.01 Å². The molecule has 0 bridgehead atoms. The normalized spacial score (nSPS) is 14.8. The fourth-order valence-electron chi connectivity index (χ4n) is 4.19. The van der Waals surface area contributed by atoms with Gasteiger partial charge in [0.2, 0.25) is 5.52 Å². The molecule has 0 fully saturated rings. The molecule has 0 aliphatic carbocycles. The van der Waals surface area contributed by atoms with E-state index in [4.69, 9.17) is 0 Å². The van der Waals surface area contributed by atoms with E-state index >= 15 is 0 Å². The van der Waals surface area contributed by atoms with Crippen molar-refractivity contribution < 1.29 is 31.8 Å². The topological polar surface area (TPSA) is 102 Å². The van der Waals surface area contributed by atoms with Gasteiger partial charge in [-0.1, -0.05) is 47.4 Å². The van der Waals surface area contributed by atoms with Gasteiger partial charge < -0.3 is 14.6 Å². The molecule has 4 aromatic rings. The maximum absolute atomic E-state index is 13.9. The van der Waals surface area contributed by atoms with E-state index in [9.17, 15) is 27.3 Å². The number of carboxylic acid groups (broad SMARTS) is 1. The lowest BCUT2D eigenvalue weighted by Crippen LogP contribution is -2.36. The first kappa shape index (κ1) is 23.7. The van der Waals surface area contributed by atoms with E-state index in [-0.39, 0.29) is 13.0 Å². The van der Waals surface area contributed by atoms with Crippen LogP contribution < -0.4 is 9.47 Å². The van der Waals surface area contributed by atoms with Crippen molar-refractivity contribution in [3.63, 3.8) is 0 Å². The Hall–Kier alpha value is -2.99. The third-order valence-electron chi connectivity index (χ3n) is 5.62. The van der Waals surface area contributed by atoms with Crippen molar-refractivity contribution in [3.05, 3.63) is 70.5 Å². The van der Waals surface area contributed by atoms with Crippen LogP contribution in [0.3, 0.4) is 0 Å². The highest BCUT2D eigenvalue weighted by atomic mass is 32.2. The molecule has 3 aromatic carbocycles. The van der Waals surface area contributed by atoms with Crippen molar-refractivity contribution in [2.45, 2.75) is 17.9 Å². The fourth-order valence-corrected chi connectivity index (χ4v) is 6.97. The van der Waals surface area contributed by atoms with Crippen LogP contribution in [0.4, 0.5) is 10.1 Å². The molecule has 11 heteroatoms. The molecule has 7 nitrogen and oxygen atoms in total. The number of halogens is 1. The molecule has 5 rings (SSSR count). The SMILES string of the molecule is O=C(O)CN1C(=Cc2sc3ccc4ccccc4c3[n+]2CCCS(=O)(=O)[O-])Sc2ccc(F)cc21. The average Bonchev–Trinajstić information content (AvgIpc) is 3.31. The van der Waals surface area contributed by atoms with E-state index in [1.54, 1.807) is 11.0 Å². The van der Waals surface area contributed by atoms with E-state index < -0.39 is 27.7 Å². The van der Waals surface area contributed by atoms with Gasteiger partial charge in [0.1, 0.15) is 17.1 Å². The van der Waals surface area contributed by atoms with Crippen molar-refractivity contribution in [2.75, 3.05) is 17.2 Å². The Kier molecular flexibility index (Phi) is 6.26. The molecule has 0 unspecified atom stereocenters. The van der Waals surface area contributed by atoms with Gasteiger partial charge in [-0.3, -0.25) is 4.79 Å². The van der Waals surface area contributed by atoms with Crippen molar-refractivity contribution in [2.24, 2.45) is 0 Å². The van der Waals surface area contributed by atoms with Gasteiger partial charge in [-0.25, -0.2) is 12.8 Å². The van der Waals surface area contributed by atoms with Crippen LogP contribution in [0.5, 0.6) is 0 Å². The quantitative estimate of drug-likeness (QED) is 0.279. The molecule has 0 saturated heterocycles. The average molecular weight is 531 g/mol. The molecule has 2 heterocycles. The van der Waals surface area contributed by atoms with Crippen molar-refractivity contribution in [1.29, 1.82) is 0 Å². The molecule has 35 heavy (non-hydrogen) atoms. The molecule has 1 aliphatic heterocycles. The molecule has 0 amide bonds. The summed E-state index contributed by atoms with van der Waals surface area (Å²) in [6.45, 7) is -0.0443. The van der Waals surface area contributed by atoms with Gasteiger partial charge in [0.15, 0.2) is 6.54 Å². The zero-order valence-electron chi connectivity index (χ0n) is 18.2. The van der Waals surface area contributed by atoms with Gasteiger partial charge >= 0.3 is 5.97 Å². The van der Waals surface area contributed by atoms with Gasteiger partial charge in [0, 0.05) is 17.1 Å². The predicted molar refractivity (Wildman–Crippen MR) is 134 cm³/mol. The number of anilines is 1. The van der Waals surface area contributed by atoms with Crippen LogP contribution in [-0.2, 0) is 21.5 Å². The van der Waals surface area contributed by atoms with Gasteiger partial charge in [-0.15, -0.1) is 0 Å². The molecule has 180 valence electrons. The summed E-state index contributed by atoms with van der Waals surface area (Å²) in [6.07, 6.45) is 1.98. The highest BCUT2D eigenvalue weighted by Crippen LogP contribution is 2.47. The van der Waals surface area contributed by atoms with Crippen LogP contribution >= 0.6 is 23.1 Å². The molecule has 0 atom stereocenters. The number of thiazole rings is 1. The second-order valence-corrected chi connectivity index (χ2v) is 11.7. The monoisotopic (exact) mass is 530 g/mol. The Labute approximate surface area is 208 Å². The van der Waals surface area contributed by atoms with Crippen LogP contribution in [-0.4, -0.2) is 36.3 Å². The van der Waals surface area contributed by atoms with Crippen LogP contribution in [0.2, 0.25) is 0 Å². The minimum absolute atomic E-state index is 0.138. The summed E-state index contributed by atoms with van der Waals surface area (Å²) in [7, 11) is -4.36. The zero-order valence-corrected chi connectivity index (χ0v) is 20.6. The summed E-state index contributed by atoms with van der Waals surface area (Å²) in [5.74, 6) is -1.99. The second-order valence-electron chi connectivity index (χ2n) is 8.02. The predicted octanol–water partition coefficient (Wildman–Crippen LogP) is 4.41. The van der Waals surface area contributed by atoms with Crippen molar-refractivity contribution in [1.82, 2.24) is 0 Å². The summed E-state index contributed by atoms with van der Waals surface area (Å²) in [5, 5.41) is 12.9. The second kappa shape index (κ2) is 9.23. The summed E-state index contributed by atoms with van der Waals surface area (Å²) in [4.78, 5) is 13.9. The maximum atomic E-state index is 13.9. The van der Waals surface area contributed by atoms with Crippen LogP contribution in [0.1, 0.15) is 11.4 Å². The summed E-state index contributed by atoms with van der Waals surface area (Å²) in [5.41, 5.74) is 1.40. The summed E-state index contributed by atoms with van der Waals surface area (Å²) in [6, 6.07) is 16.1. The van der Waals surface area contributed by atoms with Crippen molar-refractivity contribution in [3.8, 4) is 0 Å². The minimum Gasteiger partial charge on any atom is -0.748 e. The number of aliphatic carboxylic acids is 1. The van der Waals surface area contributed by atoms with Gasteiger partial charge in [0.05, 0.1) is 32.3 Å². The molecule has 1 N–H and O–H groups in total. The first-order chi connectivity index (χ1) is 16.7.